The SMILES string of the molecule is CCn1c(CC(=O)Nc2ccc(C)c(C)c2)nnc1SCC(=O)Nc1ccc(C)c([N+](=O)[O-])c1. The molecule has 2 N–H and O–H groups in total. The Labute approximate surface area is 201 Å². The molecule has 2 amide bonds. The topological polar surface area (TPSA) is 132 Å². The van der Waals surface area contributed by atoms with Crippen molar-refractivity contribution in [3.05, 3.63) is 69.0 Å². The predicted molar refractivity (Wildman–Crippen MR) is 131 cm³/mol. The summed E-state index contributed by atoms with van der Waals surface area (Å²) in [6.45, 7) is 8.07. The monoisotopic (exact) mass is 482 g/mol. The van der Waals surface area contributed by atoms with Crippen LogP contribution in [0.4, 0.5) is 17.1 Å². The van der Waals surface area contributed by atoms with Gasteiger partial charge in [0.1, 0.15) is 5.82 Å². The number of amides is 2. The molecule has 3 rings (SSSR count). The number of rotatable bonds is 9. The summed E-state index contributed by atoms with van der Waals surface area (Å²) in [6, 6.07) is 10.3. The molecule has 0 radical (unpaired) electrons. The van der Waals surface area contributed by atoms with Crippen LogP contribution in [0.1, 0.15) is 29.4 Å². The van der Waals surface area contributed by atoms with Crippen molar-refractivity contribution < 1.29 is 14.5 Å². The van der Waals surface area contributed by atoms with Crippen molar-refractivity contribution in [2.75, 3.05) is 16.4 Å². The van der Waals surface area contributed by atoms with Gasteiger partial charge in [-0.05, 0) is 57.0 Å². The Bertz CT molecular complexity index is 1240. The second kappa shape index (κ2) is 10.9. The van der Waals surface area contributed by atoms with Crippen LogP contribution in [0.25, 0.3) is 0 Å². The van der Waals surface area contributed by atoms with Gasteiger partial charge in [0.15, 0.2) is 5.16 Å². The lowest BCUT2D eigenvalue weighted by molar-refractivity contribution is -0.385. The van der Waals surface area contributed by atoms with Crippen LogP contribution in [0, 0.1) is 30.9 Å². The number of thioether (sulfide) groups is 1. The average Bonchev–Trinajstić information content (AvgIpc) is 3.17. The van der Waals surface area contributed by atoms with Crippen molar-refractivity contribution in [3.63, 3.8) is 0 Å². The number of anilines is 2. The van der Waals surface area contributed by atoms with Gasteiger partial charge < -0.3 is 15.2 Å². The summed E-state index contributed by atoms with van der Waals surface area (Å²) in [5.74, 6) is -0.00128. The third-order valence-corrected chi connectivity index (χ3v) is 6.21. The first kappa shape index (κ1) is 24.9. The molecule has 0 aliphatic heterocycles. The molecule has 34 heavy (non-hydrogen) atoms. The number of nitro groups is 1. The van der Waals surface area contributed by atoms with E-state index in [9.17, 15) is 19.7 Å². The highest BCUT2D eigenvalue weighted by Gasteiger charge is 2.17. The Kier molecular flexibility index (Phi) is 8.00. The average molecular weight is 483 g/mol. The lowest BCUT2D eigenvalue weighted by atomic mass is 10.1. The van der Waals surface area contributed by atoms with Gasteiger partial charge in [0.05, 0.1) is 17.1 Å². The lowest BCUT2D eigenvalue weighted by Crippen LogP contribution is -2.18. The van der Waals surface area contributed by atoms with E-state index in [0.29, 0.717) is 28.8 Å². The fourth-order valence-corrected chi connectivity index (χ4v) is 4.07. The quantitative estimate of drug-likeness (QED) is 0.267. The Hall–Kier alpha value is -3.73. The maximum atomic E-state index is 12.5. The number of nitro benzene ring substituents is 1. The smallest absolute Gasteiger partial charge is 0.274 e. The summed E-state index contributed by atoms with van der Waals surface area (Å²) in [4.78, 5) is 35.5. The molecule has 1 heterocycles. The largest absolute Gasteiger partial charge is 0.326 e. The maximum Gasteiger partial charge on any atom is 0.274 e. The van der Waals surface area contributed by atoms with Gasteiger partial charge in [-0.3, -0.25) is 19.7 Å². The summed E-state index contributed by atoms with van der Waals surface area (Å²) >= 11 is 1.18. The first-order valence-electron chi connectivity index (χ1n) is 10.6. The van der Waals surface area contributed by atoms with Crippen LogP contribution in [0.5, 0.6) is 0 Å². The summed E-state index contributed by atoms with van der Waals surface area (Å²) in [5.41, 5.74) is 3.77. The summed E-state index contributed by atoms with van der Waals surface area (Å²) in [6.07, 6.45) is 0.0492. The first-order valence-corrected chi connectivity index (χ1v) is 11.6. The molecule has 0 bridgehead atoms. The van der Waals surface area contributed by atoms with E-state index in [1.165, 1.54) is 17.8 Å². The number of hydrogen-bond acceptors (Lipinski definition) is 7. The molecular weight excluding hydrogens is 456 g/mol. The van der Waals surface area contributed by atoms with Gasteiger partial charge in [-0.2, -0.15) is 0 Å². The highest BCUT2D eigenvalue weighted by Crippen LogP contribution is 2.23. The number of aryl methyl sites for hydroxylation is 3. The van der Waals surface area contributed by atoms with Crippen molar-refractivity contribution in [1.82, 2.24) is 14.8 Å². The zero-order valence-corrected chi connectivity index (χ0v) is 20.2. The second-order valence-corrected chi connectivity index (χ2v) is 8.70. The summed E-state index contributed by atoms with van der Waals surface area (Å²) in [5, 5.41) is 25.4. The Balaban J connectivity index is 1.60. The molecule has 0 spiro atoms. The van der Waals surface area contributed by atoms with E-state index in [-0.39, 0.29) is 29.7 Å². The fraction of sp³-hybridized carbons (Fsp3) is 0.304. The lowest BCUT2D eigenvalue weighted by Gasteiger charge is -2.09. The van der Waals surface area contributed by atoms with Crippen LogP contribution in [-0.4, -0.2) is 37.3 Å². The third-order valence-electron chi connectivity index (χ3n) is 5.24. The van der Waals surface area contributed by atoms with E-state index in [0.717, 1.165) is 16.8 Å². The third kappa shape index (κ3) is 6.19. The standard InChI is InChI=1S/C23H26N6O4S/c1-5-28-20(12-21(30)24-17-8-6-14(2)16(4)10-17)26-27-23(28)34-13-22(31)25-18-9-7-15(3)19(11-18)29(32)33/h6-11H,5,12-13H2,1-4H3,(H,24,30)(H,25,31). The molecule has 0 aliphatic rings. The van der Waals surface area contributed by atoms with Crippen LogP contribution < -0.4 is 10.6 Å². The number of carbonyl (C=O) groups is 2. The van der Waals surface area contributed by atoms with Crippen molar-refractivity contribution in [2.45, 2.75) is 45.8 Å². The van der Waals surface area contributed by atoms with Gasteiger partial charge in [-0.25, -0.2) is 0 Å². The number of carbonyl (C=O) groups excluding carboxylic acids is 2. The highest BCUT2D eigenvalue weighted by atomic mass is 32.2. The van der Waals surface area contributed by atoms with Crippen LogP contribution in [0.3, 0.4) is 0 Å². The molecule has 0 fully saturated rings. The Morgan fingerprint density at radius 2 is 1.62 bits per heavy atom. The molecule has 1 aromatic heterocycles. The van der Waals surface area contributed by atoms with Gasteiger partial charge in [0, 0.05) is 29.5 Å². The zero-order valence-electron chi connectivity index (χ0n) is 19.4. The molecule has 0 saturated heterocycles. The summed E-state index contributed by atoms with van der Waals surface area (Å²) in [7, 11) is 0. The predicted octanol–water partition coefficient (Wildman–Crippen LogP) is 4.04. The number of nitrogens with zero attached hydrogens (tertiary/aromatic N) is 4. The second-order valence-electron chi connectivity index (χ2n) is 7.76. The van der Waals surface area contributed by atoms with Gasteiger partial charge in [0.25, 0.3) is 5.69 Å². The van der Waals surface area contributed by atoms with Crippen LogP contribution in [0.15, 0.2) is 41.6 Å². The zero-order chi connectivity index (χ0) is 24.8. The Morgan fingerprint density at radius 1 is 0.971 bits per heavy atom. The van der Waals surface area contributed by atoms with Crippen LogP contribution >= 0.6 is 11.8 Å². The Morgan fingerprint density at radius 3 is 2.26 bits per heavy atom. The van der Waals surface area contributed by atoms with E-state index in [1.807, 2.05) is 39.0 Å². The fourth-order valence-electron chi connectivity index (χ4n) is 3.25. The van der Waals surface area contributed by atoms with Crippen LogP contribution in [0.2, 0.25) is 0 Å². The van der Waals surface area contributed by atoms with Crippen molar-refractivity contribution >= 4 is 40.6 Å². The van der Waals surface area contributed by atoms with Gasteiger partial charge in [0.2, 0.25) is 11.8 Å². The number of hydrogen-bond donors (Lipinski definition) is 2. The molecule has 3 aromatic rings. The molecule has 178 valence electrons. The van der Waals surface area contributed by atoms with Crippen LogP contribution in [-0.2, 0) is 22.6 Å². The molecular formula is C23H26N6O4S. The molecule has 0 aliphatic carbocycles. The minimum atomic E-state index is -0.485. The number of benzene rings is 2. The molecule has 10 nitrogen and oxygen atoms in total. The normalized spacial score (nSPS) is 10.7. The number of aromatic nitrogens is 3. The van der Waals surface area contributed by atoms with E-state index in [4.69, 9.17) is 0 Å². The molecule has 0 saturated carbocycles. The maximum absolute atomic E-state index is 12.5. The molecule has 0 unspecified atom stereocenters. The first-order chi connectivity index (χ1) is 16.2. The van der Waals surface area contributed by atoms with E-state index >= 15 is 0 Å². The van der Waals surface area contributed by atoms with E-state index in [2.05, 4.69) is 20.8 Å². The van der Waals surface area contributed by atoms with Crippen molar-refractivity contribution in [2.24, 2.45) is 0 Å². The van der Waals surface area contributed by atoms with E-state index < -0.39 is 4.92 Å². The minimum absolute atomic E-state index is 0.0364. The van der Waals surface area contributed by atoms with Crippen molar-refractivity contribution in [3.8, 4) is 0 Å². The van der Waals surface area contributed by atoms with E-state index in [1.54, 1.807) is 23.6 Å². The summed E-state index contributed by atoms with van der Waals surface area (Å²) < 4.78 is 1.79. The number of nitrogens with one attached hydrogen (secondary N) is 2. The molecule has 2 aromatic carbocycles. The van der Waals surface area contributed by atoms with Gasteiger partial charge >= 0.3 is 0 Å². The highest BCUT2D eigenvalue weighted by molar-refractivity contribution is 7.99. The molecule has 11 heteroatoms. The van der Waals surface area contributed by atoms with Gasteiger partial charge in [-0.15, -0.1) is 10.2 Å². The minimum Gasteiger partial charge on any atom is -0.326 e. The van der Waals surface area contributed by atoms with Crippen molar-refractivity contribution in [1.29, 1.82) is 0 Å². The van der Waals surface area contributed by atoms with Gasteiger partial charge in [-0.1, -0.05) is 23.9 Å². The molecule has 0 atom stereocenters.